The summed E-state index contributed by atoms with van der Waals surface area (Å²) in [7, 11) is 1.87. The van der Waals surface area contributed by atoms with Gasteiger partial charge in [0.2, 0.25) is 0 Å². The number of nitrogens with one attached hydrogen (secondary N) is 2. The minimum Gasteiger partial charge on any atom is -0.356 e. The number of nitrogens with zero attached hydrogens (tertiary/aromatic N) is 4. The molecule has 1 aliphatic rings. The van der Waals surface area contributed by atoms with Crippen molar-refractivity contribution in [3.63, 3.8) is 0 Å². The quantitative estimate of drug-likeness (QED) is 0.643. The van der Waals surface area contributed by atoms with Gasteiger partial charge in [-0.05, 0) is 18.8 Å². The van der Waals surface area contributed by atoms with Gasteiger partial charge in [0.05, 0.1) is 0 Å². The molecule has 0 saturated carbocycles. The highest BCUT2D eigenvalue weighted by Crippen LogP contribution is 2.24. The second-order valence-corrected chi connectivity index (χ2v) is 5.74. The molecule has 1 saturated heterocycles. The van der Waals surface area contributed by atoms with Crippen molar-refractivity contribution in [2.24, 2.45) is 10.9 Å². The van der Waals surface area contributed by atoms with Crippen LogP contribution < -0.4 is 5.32 Å². The molecule has 2 rings (SSSR count). The van der Waals surface area contributed by atoms with Gasteiger partial charge in [-0.25, -0.2) is 4.98 Å². The van der Waals surface area contributed by atoms with Crippen LogP contribution in [0.4, 0.5) is 0 Å². The smallest absolute Gasteiger partial charge is 0.193 e. The fraction of sp³-hybridized carbons (Fsp3) is 0.800. The maximum atomic E-state index is 4.44. The highest BCUT2D eigenvalue weighted by molar-refractivity contribution is 5.80. The Morgan fingerprint density at radius 2 is 2.14 bits per heavy atom. The molecule has 6 heteroatoms. The van der Waals surface area contributed by atoms with E-state index in [4.69, 9.17) is 0 Å². The van der Waals surface area contributed by atoms with E-state index in [1.54, 1.807) is 6.33 Å². The summed E-state index contributed by atoms with van der Waals surface area (Å²) >= 11 is 0. The molecule has 0 unspecified atom stereocenters. The van der Waals surface area contributed by atoms with Crippen molar-refractivity contribution < 1.29 is 0 Å². The third kappa shape index (κ3) is 4.19. The minimum atomic E-state index is 0.501. The van der Waals surface area contributed by atoms with Crippen LogP contribution in [0.15, 0.2) is 11.3 Å². The van der Waals surface area contributed by atoms with Crippen molar-refractivity contribution in [3.8, 4) is 0 Å². The van der Waals surface area contributed by atoms with Crippen LogP contribution in [0, 0.1) is 5.92 Å². The van der Waals surface area contributed by atoms with Crippen LogP contribution in [-0.2, 0) is 0 Å². The molecule has 0 amide bonds. The van der Waals surface area contributed by atoms with Gasteiger partial charge in [0.1, 0.15) is 12.2 Å². The van der Waals surface area contributed by atoms with Gasteiger partial charge in [0.15, 0.2) is 5.96 Å². The topological polar surface area (TPSA) is 69.2 Å². The number of piperidine rings is 1. The number of H-pyrrole nitrogens is 1. The Bertz CT molecular complexity index is 415. The molecular weight excluding hydrogens is 264 g/mol. The first kappa shape index (κ1) is 15.8. The average molecular weight is 292 g/mol. The zero-order chi connectivity index (χ0) is 15.1. The second-order valence-electron chi connectivity index (χ2n) is 5.74. The molecule has 118 valence electrons. The molecule has 0 aromatic carbocycles. The van der Waals surface area contributed by atoms with Gasteiger partial charge in [-0.1, -0.05) is 26.7 Å². The summed E-state index contributed by atoms with van der Waals surface area (Å²) in [5.41, 5.74) is 0. The van der Waals surface area contributed by atoms with E-state index in [2.05, 4.69) is 44.2 Å². The lowest BCUT2D eigenvalue weighted by atomic mass is 9.96. The van der Waals surface area contributed by atoms with Crippen LogP contribution in [0.5, 0.6) is 0 Å². The largest absolute Gasteiger partial charge is 0.356 e. The van der Waals surface area contributed by atoms with Crippen molar-refractivity contribution in [2.75, 3.05) is 26.7 Å². The molecule has 1 aromatic heterocycles. The summed E-state index contributed by atoms with van der Waals surface area (Å²) in [5, 5.41) is 10.5. The Morgan fingerprint density at radius 3 is 2.67 bits per heavy atom. The van der Waals surface area contributed by atoms with Gasteiger partial charge in [-0.2, -0.15) is 5.10 Å². The molecule has 0 atom stereocenters. The van der Waals surface area contributed by atoms with Gasteiger partial charge in [0.25, 0.3) is 0 Å². The molecule has 1 aromatic rings. The van der Waals surface area contributed by atoms with Crippen LogP contribution in [-0.4, -0.2) is 52.7 Å². The number of likely N-dealkylation sites (tertiary alicyclic amines) is 1. The lowest BCUT2D eigenvalue weighted by Gasteiger charge is -2.34. The van der Waals surface area contributed by atoms with Gasteiger partial charge in [-0.15, -0.1) is 0 Å². The van der Waals surface area contributed by atoms with Crippen molar-refractivity contribution in [2.45, 2.75) is 45.4 Å². The second kappa shape index (κ2) is 8.00. The average Bonchev–Trinajstić information content (AvgIpc) is 3.07. The summed E-state index contributed by atoms with van der Waals surface area (Å²) in [6.45, 7) is 7.56. The molecule has 21 heavy (non-hydrogen) atoms. The SMILES string of the molecule is CCC(CC)CNC(=NC)N1CCC(c2ncn[nH]2)CC1. The number of aromatic nitrogens is 3. The predicted molar refractivity (Wildman–Crippen MR) is 85.4 cm³/mol. The van der Waals surface area contributed by atoms with Crippen molar-refractivity contribution >= 4 is 5.96 Å². The van der Waals surface area contributed by atoms with Crippen molar-refractivity contribution in [1.29, 1.82) is 0 Å². The predicted octanol–water partition coefficient (Wildman–Crippen LogP) is 2.00. The molecule has 0 bridgehead atoms. The maximum Gasteiger partial charge on any atom is 0.193 e. The Labute approximate surface area is 127 Å². The number of aliphatic imine (C=N–C) groups is 1. The van der Waals surface area contributed by atoms with E-state index in [1.807, 2.05) is 7.05 Å². The first-order valence-electron chi connectivity index (χ1n) is 8.09. The van der Waals surface area contributed by atoms with Crippen LogP contribution in [0.1, 0.15) is 51.3 Å². The molecule has 6 nitrogen and oxygen atoms in total. The molecule has 2 N–H and O–H groups in total. The van der Waals surface area contributed by atoms with Crippen molar-refractivity contribution in [1.82, 2.24) is 25.4 Å². The highest BCUT2D eigenvalue weighted by Gasteiger charge is 2.24. The minimum absolute atomic E-state index is 0.501. The summed E-state index contributed by atoms with van der Waals surface area (Å²) in [5.74, 6) is 3.29. The Balaban J connectivity index is 1.82. The first-order chi connectivity index (χ1) is 10.3. The van der Waals surface area contributed by atoms with Crippen LogP contribution in [0.2, 0.25) is 0 Å². The van der Waals surface area contributed by atoms with E-state index in [0.717, 1.165) is 50.2 Å². The molecule has 0 spiro atoms. The summed E-state index contributed by atoms with van der Waals surface area (Å²) in [4.78, 5) is 11.1. The molecule has 1 fully saturated rings. The molecule has 1 aliphatic heterocycles. The molecule has 0 aliphatic carbocycles. The normalized spacial score (nSPS) is 17.5. The van der Waals surface area contributed by atoms with Crippen LogP contribution in [0.3, 0.4) is 0 Å². The van der Waals surface area contributed by atoms with Crippen LogP contribution >= 0.6 is 0 Å². The van der Waals surface area contributed by atoms with Crippen LogP contribution in [0.25, 0.3) is 0 Å². The number of rotatable bonds is 5. The van der Waals surface area contributed by atoms with E-state index in [9.17, 15) is 0 Å². The zero-order valence-electron chi connectivity index (χ0n) is 13.5. The monoisotopic (exact) mass is 292 g/mol. The van der Waals surface area contributed by atoms with E-state index < -0.39 is 0 Å². The van der Waals surface area contributed by atoms with Gasteiger partial charge < -0.3 is 10.2 Å². The highest BCUT2D eigenvalue weighted by atomic mass is 15.3. The summed E-state index contributed by atoms with van der Waals surface area (Å²) in [6.07, 6.45) is 6.22. The standard InChI is InChI=1S/C15H28N6/c1-4-12(5-2)10-17-15(16-3)21-8-6-13(7-9-21)14-18-11-19-20-14/h11-13H,4-10H2,1-3H3,(H,16,17)(H,18,19,20). The van der Waals surface area contributed by atoms with Gasteiger partial charge >= 0.3 is 0 Å². The Morgan fingerprint density at radius 1 is 1.43 bits per heavy atom. The number of guanidine groups is 1. The molecular formula is C15H28N6. The molecule has 0 radical (unpaired) electrons. The maximum absolute atomic E-state index is 4.44. The number of aromatic amines is 1. The van der Waals surface area contributed by atoms with E-state index in [-0.39, 0.29) is 0 Å². The summed E-state index contributed by atoms with van der Waals surface area (Å²) in [6, 6.07) is 0. The lowest BCUT2D eigenvalue weighted by molar-refractivity contribution is 0.296. The van der Waals surface area contributed by atoms with Crippen molar-refractivity contribution in [3.05, 3.63) is 12.2 Å². The van der Waals surface area contributed by atoms with Gasteiger partial charge in [0, 0.05) is 32.6 Å². The fourth-order valence-electron chi connectivity index (χ4n) is 2.92. The van der Waals surface area contributed by atoms with E-state index in [0.29, 0.717) is 5.92 Å². The zero-order valence-corrected chi connectivity index (χ0v) is 13.5. The fourth-order valence-corrected chi connectivity index (χ4v) is 2.92. The third-order valence-corrected chi connectivity index (χ3v) is 4.53. The number of hydrogen-bond donors (Lipinski definition) is 2. The number of hydrogen-bond acceptors (Lipinski definition) is 3. The molecule has 2 heterocycles. The first-order valence-corrected chi connectivity index (χ1v) is 8.09. The Kier molecular flexibility index (Phi) is 6.02. The van der Waals surface area contributed by atoms with E-state index >= 15 is 0 Å². The Hall–Kier alpha value is -1.59. The lowest BCUT2D eigenvalue weighted by Crippen LogP contribution is -2.46. The third-order valence-electron chi connectivity index (χ3n) is 4.53. The van der Waals surface area contributed by atoms with E-state index in [1.165, 1.54) is 12.8 Å². The summed E-state index contributed by atoms with van der Waals surface area (Å²) < 4.78 is 0. The van der Waals surface area contributed by atoms with Gasteiger partial charge in [-0.3, -0.25) is 10.1 Å².